The van der Waals surface area contributed by atoms with Gasteiger partial charge in [-0.2, -0.15) is 0 Å². The molecule has 0 amide bonds. The molecular formula is C38H47N5O6Si. The molecule has 3 heterocycles. The van der Waals surface area contributed by atoms with Crippen LogP contribution in [0.1, 0.15) is 57.0 Å². The average Bonchev–Trinajstić information content (AvgIpc) is 3.67. The summed E-state index contributed by atoms with van der Waals surface area (Å²) in [4.78, 5) is 13.0. The largest absolute Gasteiger partial charge is 0.497 e. The zero-order valence-corrected chi connectivity index (χ0v) is 30.9. The van der Waals surface area contributed by atoms with Gasteiger partial charge in [-0.05, 0) is 66.0 Å². The number of hydrogen-bond donors (Lipinski definition) is 3. The molecule has 0 spiro atoms. The van der Waals surface area contributed by atoms with Crippen LogP contribution in [0, 0.1) is 0 Å². The molecule has 50 heavy (non-hydrogen) atoms. The quantitative estimate of drug-likeness (QED) is 0.0875. The van der Waals surface area contributed by atoms with Crippen LogP contribution in [0.3, 0.4) is 0 Å². The third-order valence-corrected chi connectivity index (χ3v) is 15.1. The normalized spacial score (nSPS) is 21.2. The number of methoxy groups -OCH3 is 2. The molecular weight excluding hydrogens is 651 g/mol. The molecule has 0 saturated carbocycles. The van der Waals surface area contributed by atoms with Gasteiger partial charge in [-0.25, -0.2) is 15.0 Å². The van der Waals surface area contributed by atoms with Crippen molar-refractivity contribution in [3.05, 3.63) is 108 Å². The molecule has 1 unspecified atom stereocenters. The SMILES string of the molecule is COc1ccc(C(c2ccccc2)(c2ccc(OC)cc2)C(C)(O)[C@H]2O[C@@H](n3cnc4c(N)ncnc43)C[C@@]2(O)O[Si](C)(C)C(C)(C)C)cc1. The number of anilines is 1. The summed E-state index contributed by atoms with van der Waals surface area (Å²) in [6.07, 6.45) is 0.772. The molecule has 1 fully saturated rings. The lowest BCUT2D eigenvalue weighted by atomic mass is 9.57. The van der Waals surface area contributed by atoms with Crippen LogP contribution >= 0.6 is 0 Å². The maximum absolute atomic E-state index is 13.7. The molecule has 4 N–H and O–H groups in total. The Morgan fingerprint density at radius 2 is 1.38 bits per heavy atom. The first-order valence-corrected chi connectivity index (χ1v) is 19.6. The minimum Gasteiger partial charge on any atom is -0.497 e. The van der Waals surface area contributed by atoms with Gasteiger partial charge in [0.15, 0.2) is 25.6 Å². The minimum absolute atomic E-state index is 0.0220. The van der Waals surface area contributed by atoms with E-state index in [1.165, 1.54) is 6.33 Å². The van der Waals surface area contributed by atoms with E-state index in [9.17, 15) is 10.2 Å². The number of rotatable bonds is 10. The number of fused-ring (bicyclic) bond motifs is 1. The first-order valence-electron chi connectivity index (χ1n) is 16.7. The van der Waals surface area contributed by atoms with Crippen LogP contribution in [0.25, 0.3) is 11.2 Å². The number of ether oxygens (including phenoxy) is 3. The summed E-state index contributed by atoms with van der Waals surface area (Å²) in [6.45, 7) is 12.2. The summed E-state index contributed by atoms with van der Waals surface area (Å²) in [5, 5.41) is 26.4. The Morgan fingerprint density at radius 3 is 1.90 bits per heavy atom. The average molecular weight is 698 g/mol. The molecule has 5 aromatic rings. The Bertz CT molecular complexity index is 1900. The number of nitrogen functional groups attached to an aromatic ring is 1. The monoisotopic (exact) mass is 697 g/mol. The molecule has 0 bridgehead atoms. The van der Waals surface area contributed by atoms with Crippen molar-refractivity contribution in [2.45, 2.75) is 81.4 Å². The van der Waals surface area contributed by atoms with E-state index in [4.69, 9.17) is 24.4 Å². The Hall–Kier alpha value is -4.33. The molecule has 1 aliphatic heterocycles. The summed E-state index contributed by atoms with van der Waals surface area (Å²) in [6, 6.07) is 25.0. The minimum atomic E-state index is -2.71. The van der Waals surface area contributed by atoms with Gasteiger partial charge in [0, 0.05) is 6.42 Å². The molecule has 0 aliphatic carbocycles. The van der Waals surface area contributed by atoms with E-state index in [1.54, 1.807) is 32.0 Å². The maximum Gasteiger partial charge on any atom is 0.195 e. The van der Waals surface area contributed by atoms with Crippen LogP contribution in [-0.2, 0) is 14.6 Å². The highest BCUT2D eigenvalue weighted by molar-refractivity contribution is 6.74. The number of aromatic nitrogens is 4. The zero-order chi connectivity index (χ0) is 36.1. The summed E-state index contributed by atoms with van der Waals surface area (Å²) >= 11 is 0. The van der Waals surface area contributed by atoms with Crippen LogP contribution in [0.15, 0.2) is 91.5 Å². The van der Waals surface area contributed by atoms with Crippen molar-refractivity contribution < 1.29 is 28.8 Å². The predicted octanol–water partition coefficient (Wildman–Crippen LogP) is 6.21. The molecule has 6 rings (SSSR count). The maximum atomic E-state index is 13.7. The molecule has 2 aromatic heterocycles. The van der Waals surface area contributed by atoms with Crippen LogP contribution < -0.4 is 15.2 Å². The summed E-state index contributed by atoms with van der Waals surface area (Å²) < 4.78 is 26.7. The smallest absolute Gasteiger partial charge is 0.195 e. The number of nitrogens with zero attached hydrogens (tertiary/aromatic N) is 4. The van der Waals surface area contributed by atoms with E-state index in [2.05, 4.69) is 48.8 Å². The van der Waals surface area contributed by atoms with Crippen molar-refractivity contribution >= 4 is 25.3 Å². The molecule has 3 aromatic carbocycles. The molecule has 1 saturated heterocycles. The van der Waals surface area contributed by atoms with Crippen molar-refractivity contribution in [3.8, 4) is 11.5 Å². The number of hydrogen-bond acceptors (Lipinski definition) is 10. The van der Waals surface area contributed by atoms with Gasteiger partial charge in [0.25, 0.3) is 0 Å². The van der Waals surface area contributed by atoms with Gasteiger partial charge in [-0.3, -0.25) is 4.57 Å². The van der Waals surface area contributed by atoms with E-state index in [-0.39, 0.29) is 17.3 Å². The topological polar surface area (TPSA) is 147 Å². The van der Waals surface area contributed by atoms with Gasteiger partial charge >= 0.3 is 0 Å². The summed E-state index contributed by atoms with van der Waals surface area (Å²) in [5.41, 5.74) is 6.04. The fourth-order valence-electron chi connectivity index (χ4n) is 7.12. The predicted molar refractivity (Wildman–Crippen MR) is 194 cm³/mol. The number of nitrogens with two attached hydrogens (primary N) is 1. The third-order valence-electron chi connectivity index (χ3n) is 10.6. The van der Waals surface area contributed by atoms with E-state index in [0.717, 1.165) is 16.7 Å². The Morgan fingerprint density at radius 1 is 0.840 bits per heavy atom. The van der Waals surface area contributed by atoms with Gasteiger partial charge in [0.2, 0.25) is 0 Å². The van der Waals surface area contributed by atoms with Crippen LogP contribution in [0.2, 0.25) is 18.1 Å². The van der Waals surface area contributed by atoms with Crippen molar-refractivity contribution in [2.24, 2.45) is 0 Å². The second kappa shape index (κ2) is 12.8. The fraction of sp³-hybridized carbons (Fsp3) is 0.395. The van der Waals surface area contributed by atoms with Gasteiger partial charge in [-0.1, -0.05) is 75.4 Å². The van der Waals surface area contributed by atoms with Crippen LogP contribution in [0.5, 0.6) is 11.5 Å². The van der Waals surface area contributed by atoms with Gasteiger partial charge < -0.3 is 34.6 Å². The van der Waals surface area contributed by atoms with E-state index in [0.29, 0.717) is 22.7 Å². The number of imidazole rings is 1. The lowest BCUT2D eigenvalue weighted by Gasteiger charge is -2.53. The highest BCUT2D eigenvalue weighted by Crippen LogP contribution is 2.56. The standard InChI is InChI=1S/C38H47N5O6Si/c1-35(2,3)50(7,8)49-37(45)22-30(43-24-42-31-32(39)40-23-41-33(31)43)48-34(37)36(4,44)38(25-12-10-9-11-13-25,26-14-18-28(46-5)19-15-26)27-16-20-29(47-6)21-17-27/h9-21,23-24,30,34,44-45H,22H2,1-8H3,(H2,39,40,41)/t30-,34-,36?,37-/m1/s1. The van der Waals surface area contributed by atoms with Crippen molar-refractivity contribution in [1.29, 1.82) is 0 Å². The molecule has 12 heteroatoms. The zero-order valence-electron chi connectivity index (χ0n) is 29.9. The molecule has 1 aliphatic rings. The first-order chi connectivity index (χ1) is 23.6. The van der Waals surface area contributed by atoms with E-state index < -0.39 is 37.5 Å². The third kappa shape index (κ3) is 5.74. The van der Waals surface area contributed by atoms with Crippen molar-refractivity contribution in [1.82, 2.24) is 19.5 Å². The summed E-state index contributed by atoms with van der Waals surface area (Å²) in [5.74, 6) is -0.419. The van der Waals surface area contributed by atoms with Crippen LogP contribution in [0.4, 0.5) is 5.82 Å². The lowest BCUT2D eigenvalue weighted by molar-refractivity contribution is -0.242. The second-order valence-corrected chi connectivity index (χ2v) is 19.4. The summed E-state index contributed by atoms with van der Waals surface area (Å²) in [7, 11) is 0.520. The lowest BCUT2D eigenvalue weighted by Crippen LogP contribution is -2.66. The van der Waals surface area contributed by atoms with E-state index >= 15 is 0 Å². The highest BCUT2D eigenvalue weighted by Gasteiger charge is 2.66. The first kappa shape index (κ1) is 35.5. The number of aliphatic hydroxyl groups is 2. The molecule has 4 atom stereocenters. The van der Waals surface area contributed by atoms with Gasteiger partial charge in [0.05, 0.1) is 26.0 Å². The van der Waals surface area contributed by atoms with Crippen molar-refractivity contribution in [2.75, 3.05) is 20.0 Å². The second-order valence-electron chi connectivity index (χ2n) is 14.7. The van der Waals surface area contributed by atoms with Crippen LogP contribution in [-0.4, -0.2) is 69.8 Å². The fourth-order valence-corrected chi connectivity index (χ4v) is 8.50. The molecule has 0 radical (unpaired) electrons. The Labute approximate surface area is 294 Å². The molecule has 264 valence electrons. The van der Waals surface area contributed by atoms with Crippen molar-refractivity contribution in [3.63, 3.8) is 0 Å². The van der Waals surface area contributed by atoms with Gasteiger partial charge in [0.1, 0.15) is 41.3 Å². The Kier molecular flexibility index (Phi) is 9.06. The molecule has 11 nitrogen and oxygen atoms in total. The Balaban J connectivity index is 1.63. The van der Waals surface area contributed by atoms with E-state index in [1.807, 2.05) is 78.9 Å². The number of benzene rings is 3. The van der Waals surface area contributed by atoms with Gasteiger partial charge in [-0.15, -0.1) is 0 Å². The highest BCUT2D eigenvalue weighted by atomic mass is 28.4.